The van der Waals surface area contributed by atoms with Gasteiger partial charge >= 0.3 is 0 Å². The fourth-order valence-corrected chi connectivity index (χ4v) is 1.51. The van der Waals surface area contributed by atoms with Gasteiger partial charge in [-0.3, -0.25) is 0 Å². The highest BCUT2D eigenvalue weighted by atomic mass is 35.5. The lowest BCUT2D eigenvalue weighted by Crippen LogP contribution is -2.07. The summed E-state index contributed by atoms with van der Waals surface area (Å²) in [6.07, 6.45) is 3.49. The van der Waals surface area contributed by atoms with E-state index in [1.54, 1.807) is 0 Å². The Hall–Kier alpha value is -0.730. The molecule has 0 saturated heterocycles. The molecule has 0 saturated carbocycles. The lowest BCUT2D eigenvalue weighted by atomic mass is 10.2. The van der Waals surface area contributed by atoms with Crippen LogP contribution >= 0.6 is 11.6 Å². The van der Waals surface area contributed by atoms with Crippen molar-refractivity contribution in [2.75, 3.05) is 20.2 Å². The summed E-state index contributed by atoms with van der Waals surface area (Å²) in [7, 11) is 1.97. The fraction of sp³-hybridized carbons (Fsp3) is 0.500. The van der Waals surface area contributed by atoms with Crippen LogP contribution < -0.4 is 10.1 Å². The fourth-order valence-electron chi connectivity index (χ4n) is 1.33. The number of hydrogen-bond acceptors (Lipinski definition) is 2. The molecule has 0 aliphatic carbocycles. The minimum absolute atomic E-state index is 0.725. The third kappa shape index (κ3) is 5.65. The standard InChI is InChI=1S/C12H18ClNO/c1-14-8-3-2-4-9-15-12-7-5-6-11(13)10-12/h5-7,10,14H,2-4,8-9H2,1H3. The van der Waals surface area contributed by atoms with E-state index < -0.39 is 0 Å². The van der Waals surface area contributed by atoms with E-state index in [1.165, 1.54) is 12.8 Å². The summed E-state index contributed by atoms with van der Waals surface area (Å²) in [5.74, 6) is 0.858. The van der Waals surface area contributed by atoms with Crippen molar-refractivity contribution in [2.45, 2.75) is 19.3 Å². The molecule has 0 atom stereocenters. The molecular weight excluding hydrogens is 210 g/mol. The number of rotatable bonds is 7. The van der Waals surface area contributed by atoms with Crippen molar-refractivity contribution in [3.8, 4) is 5.75 Å². The molecule has 0 amide bonds. The van der Waals surface area contributed by atoms with Gasteiger partial charge in [-0.15, -0.1) is 0 Å². The topological polar surface area (TPSA) is 21.3 Å². The van der Waals surface area contributed by atoms with Crippen LogP contribution in [0.1, 0.15) is 19.3 Å². The Balaban J connectivity index is 2.10. The smallest absolute Gasteiger partial charge is 0.120 e. The minimum Gasteiger partial charge on any atom is -0.494 e. The van der Waals surface area contributed by atoms with Crippen LogP contribution in [0.5, 0.6) is 5.75 Å². The molecule has 1 N–H and O–H groups in total. The average molecular weight is 228 g/mol. The monoisotopic (exact) mass is 227 g/mol. The zero-order valence-electron chi connectivity index (χ0n) is 9.13. The quantitative estimate of drug-likeness (QED) is 0.723. The lowest BCUT2D eigenvalue weighted by molar-refractivity contribution is 0.305. The third-order valence-corrected chi connectivity index (χ3v) is 2.37. The average Bonchev–Trinajstić information content (AvgIpc) is 2.23. The Bertz CT molecular complexity index is 278. The molecule has 0 spiro atoms. The van der Waals surface area contributed by atoms with Gasteiger partial charge < -0.3 is 10.1 Å². The van der Waals surface area contributed by atoms with E-state index in [4.69, 9.17) is 16.3 Å². The number of ether oxygens (including phenoxy) is 1. The Morgan fingerprint density at radius 2 is 2.13 bits per heavy atom. The molecule has 3 heteroatoms. The van der Waals surface area contributed by atoms with Crippen LogP contribution in [0.15, 0.2) is 24.3 Å². The zero-order valence-corrected chi connectivity index (χ0v) is 9.89. The van der Waals surface area contributed by atoms with Crippen LogP contribution in [0.2, 0.25) is 5.02 Å². The molecule has 1 rings (SSSR count). The maximum atomic E-state index is 5.84. The first-order chi connectivity index (χ1) is 7.33. The molecule has 0 aromatic heterocycles. The third-order valence-electron chi connectivity index (χ3n) is 2.14. The van der Waals surface area contributed by atoms with E-state index in [0.29, 0.717) is 0 Å². The number of hydrogen-bond donors (Lipinski definition) is 1. The largest absolute Gasteiger partial charge is 0.494 e. The summed E-state index contributed by atoms with van der Waals surface area (Å²) in [6, 6.07) is 7.52. The Morgan fingerprint density at radius 3 is 2.87 bits per heavy atom. The second kappa shape index (κ2) is 7.55. The van der Waals surface area contributed by atoms with E-state index in [1.807, 2.05) is 31.3 Å². The lowest BCUT2D eigenvalue weighted by Gasteiger charge is -2.06. The van der Waals surface area contributed by atoms with Gasteiger partial charge in [0.25, 0.3) is 0 Å². The van der Waals surface area contributed by atoms with Crippen molar-refractivity contribution < 1.29 is 4.74 Å². The highest BCUT2D eigenvalue weighted by Crippen LogP contribution is 2.17. The van der Waals surface area contributed by atoms with Crippen LogP contribution in [-0.4, -0.2) is 20.2 Å². The van der Waals surface area contributed by atoms with Crippen molar-refractivity contribution in [3.05, 3.63) is 29.3 Å². The van der Waals surface area contributed by atoms with E-state index in [0.717, 1.165) is 30.3 Å². The molecule has 15 heavy (non-hydrogen) atoms. The van der Waals surface area contributed by atoms with Crippen molar-refractivity contribution in [1.29, 1.82) is 0 Å². The van der Waals surface area contributed by atoms with Crippen molar-refractivity contribution >= 4 is 11.6 Å². The van der Waals surface area contributed by atoms with Crippen LogP contribution in [0, 0.1) is 0 Å². The minimum atomic E-state index is 0.725. The first-order valence-electron chi connectivity index (χ1n) is 5.36. The Labute approximate surface area is 96.6 Å². The summed E-state index contributed by atoms with van der Waals surface area (Å²) in [6.45, 7) is 1.85. The van der Waals surface area contributed by atoms with Gasteiger partial charge in [-0.2, -0.15) is 0 Å². The first-order valence-corrected chi connectivity index (χ1v) is 5.73. The van der Waals surface area contributed by atoms with Gasteiger partial charge in [-0.25, -0.2) is 0 Å². The summed E-state index contributed by atoms with van der Waals surface area (Å²) >= 11 is 5.84. The summed E-state index contributed by atoms with van der Waals surface area (Å²) in [5, 5.41) is 3.85. The number of unbranched alkanes of at least 4 members (excludes halogenated alkanes) is 2. The van der Waals surface area contributed by atoms with Gasteiger partial charge in [0.1, 0.15) is 5.75 Å². The van der Waals surface area contributed by atoms with Crippen molar-refractivity contribution in [1.82, 2.24) is 5.32 Å². The van der Waals surface area contributed by atoms with Gasteiger partial charge in [0.2, 0.25) is 0 Å². The van der Waals surface area contributed by atoms with Gasteiger partial charge in [-0.05, 0) is 51.1 Å². The second-order valence-corrected chi connectivity index (χ2v) is 3.91. The van der Waals surface area contributed by atoms with Gasteiger partial charge in [0.15, 0.2) is 0 Å². The van der Waals surface area contributed by atoms with Crippen LogP contribution in [0.25, 0.3) is 0 Å². The molecule has 1 aromatic carbocycles. The highest BCUT2D eigenvalue weighted by molar-refractivity contribution is 6.30. The van der Waals surface area contributed by atoms with Crippen molar-refractivity contribution in [2.24, 2.45) is 0 Å². The highest BCUT2D eigenvalue weighted by Gasteiger charge is 1.94. The van der Waals surface area contributed by atoms with Crippen molar-refractivity contribution in [3.63, 3.8) is 0 Å². The number of nitrogens with one attached hydrogen (secondary N) is 1. The molecule has 0 unspecified atom stereocenters. The summed E-state index contributed by atoms with van der Waals surface area (Å²) < 4.78 is 5.56. The Kier molecular flexibility index (Phi) is 6.21. The molecule has 0 fully saturated rings. The maximum absolute atomic E-state index is 5.84. The molecule has 1 aromatic rings. The molecule has 0 heterocycles. The van der Waals surface area contributed by atoms with E-state index in [-0.39, 0.29) is 0 Å². The molecular formula is C12H18ClNO. The zero-order chi connectivity index (χ0) is 10.9. The molecule has 0 aliphatic heterocycles. The van der Waals surface area contributed by atoms with Gasteiger partial charge in [0.05, 0.1) is 6.61 Å². The van der Waals surface area contributed by atoms with Crippen LogP contribution in [0.3, 0.4) is 0 Å². The van der Waals surface area contributed by atoms with Crippen LogP contribution in [-0.2, 0) is 0 Å². The van der Waals surface area contributed by atoms with Gasteiger partial charge in [0, 0.05) is 5.02 Å². The molecule has 84 valence electrons. The van der Waals surface area contributed by atoms with E-state index >= 15 is 0 Å². The number of benzene rings is 1. The van der Waals surface area contributed by atoms with Gasteiger partial charge in [-0.1, -0.05) is 17.7 Å². The predicted octanol–water partition coefficient (Wildman–Crippen LogP) is 3.11. The number of halogens is 1. The van der Waals surface area contributed by atoms with Crippen LogP contribution in [0.4, 0.5) is 0 Å². The van der Waals surface area contributed by atoms with E-state index in [2.05, 4.69) is 5.32 Å². The molecule has 0 radical (unpaired) electrons. The SMILES string of the molecule is CNCCCCCOc1cccc(Cl)c1. The first kappa shape index (κ1) is 12.3. The summed E-state index contributed by atoms with van der Waals surface area (Å²) in [4.78, 5) is 0. The Morgan fingerprint density at radius 1 is 1.27 bits per heavy atom. The summed E-state index contributed by atoms with van der Waals surface area (Å²) in [5.41, 5.74) is 0. The molecule has 2 nitrogen and oxygen atoms in total. The second-order valence-electron chi connectivity index (χ2n) is 3.47. The maximum Gasteiger partial charge on any atom is 0.120 e. The predicted molar refractivity (Wildman–Crippen MR) is 64.7 cm³/mol. The van der Waals surface area contributed by atoms with E-state index in [9.17, 15) is 0 Å². The molecule has 0 bridgehead atoms. The normalized spacial score (nSPS) is 10.3. The molecule has 0 aliphatic rings.